The van der Waals surface area contributed by atoms with E-state index >= 15 is 0 Å². The summed E-state index contributed by atoms with van der Waals surface area (Å²) in [5, 5.41) is 10.8. The summed E-state index contributed by atoms with van der Waals surface area (Å²) in [7, 11) is 0. The summed E-state index contributed by atoms with van der Waals surface area (Å²) in [5.74, 6) is -0.932. The van der Waals surface area contributed by atoms with Gasteiger partial charge in [-0.25, -0.2) is 15.2 Å². The SMILES string of the molecule is CCCNN(CCCCCCCCCC(OCCCCCCCCCC(C)(C)C)(OCCCCCCCCCC(C)(C)C)OCCCCCCCCCC(C)(C)C)C(=O)O. The van der Waals surface area contributed by atoms with E-state index < -0.39 is 12.1 Å². The molecule has 0 atom stereocenters. The Hall–Kier alpha value is -0.890. The minimum atomic E-state index is -0.932. The molecule has 360 valence electrons. The second-order valence-corrected chi connectivity index (χ2v) is 22.2. The van der Waals surface area contributed by atoms with Gasteiger partial charge in [0.05, 0.1) is 19.8 Å². The monoisotopic (exact) mass is 853 g/mol. The lowest BCUT2D eigenvalue weighted by Gasteiger charge is -2.34. The lowest BCUT2D eigenvalue weighted by Crippen LogP contribution is -2.42. The van der Waals surface area contributed by atoms with Crippen LogP contribution in [0.2, 0.25) is 0 Å². The molecule has 0 aromatic carbocycles. The van der Waals surface area contributed by atoms with Gasteiger partial charge in [-0.05, 0) is 74.0 Å². The van der Waals surface area contributed by atoms with Crippen LogP contribution in [0.5, 0.6) is 0 Å². The van der Waals surface area contributed by atoms with Crippen LogP contribution in [0.4, 0.5) is 4.79 Å². The predicted octanol–water partition coefficient (Wildman–Crippen LogP) is 17.2. The zero-order valence-corrected chi connectivity index (χ0v) is 42.4. The van der Waals surface area contributed by atoms with E-state index in [1.807, 2.05) is 0 Å². The number of unbranched alkanes of at least 4 members (excludes halogenated alkanes) is 24. The second kappa shape index (κ2) is 37.5. The number of hydrogen-bond acceptors (Lipinski definition) is 5. The molecular formula is C53H108N2O5. The van der Waals surface area contributed by atoms with Crippen molar-refractivity contribution in [3.63, 3.8) is 0 Å². The first-order valence-corrected chi connectivity index (χ1v) is 26.1. The van der Waals surface area contributed by atoms with Crippen LogP contribution in [0.1, 0.15) is 281 Å². The zero-order valence-electron chi connectivity index (χ0n) is 42.4. The molecule has 0 heterocycles. The highest BCUT2D eigenvalue weighted by Gasteiger charge is 2.33. The number of rotatable bonds is 43. The summed E-state index contributed by atoms with van der Waals surface area (Å²) in [6.45, 7) is 26.6. The third kappa shape index (κ3) is 42.4. The highest BCUT2D eigenvalue weighted by Crippen LogP contribution is 2.28. The van der Waals surface area contributed by atoms with Crippen LogP contribution in [-0.2, 0) is 14.2 Å². The second-order valence-electron chi connectivity index (χ2n) is 22.2. The van der Waals surface area contributed by atoms with Crippen LogP contribution in [-0.4, -0.2) is 55.1 Å². The molecule has 7 nitrogen and oxygen atoms in total. The molecule has 0 bridgehead atoms. The van der Waals surface area contributed by atoms with Gasteiger partial charge >= 0.3 is 6.09 Å². The minimum Gasteiger partial charge on any atom is -0.464 e. The third-order valence-electron chi connectivity index (χ3n) is 11.8. The van der Waals surface area contributed by atoms with Crippen molar-refractivity contribution in [2.45, 2.75) is 287 Å². The molecule has 0 rings (SSSR count). The summed E-state index contributed by atoms with van der Waals surface area (Å²) in [4.78, 5) is 11.5. The van der Waals surface area contributed by atoms with Crippen molar-refractivity contribution in [3.05, 3.63) is 0 Å². The fourth-order valence-corrected chi connectivity index (χ4v) is 7.93. The highest BCUT2D eigenvalue weighted by molar-refractivity contribution is 5.64. The first kappa shape index (κ1) is 59.1. The molecule has 0 aromatic heterocycles. The molecule has 0 aromatic rings. The van der Waals surface area contributed by atoms with Gasteiger partial charge in [-0.2, -0.15) is 0 Å². The summed E-state index contributed by atoms with van der Waals surface area (Å²) in [6, 6.07) is 0. The first-order valence-electron chi connectivity index (χ1n) is 26.1. The molecule has 0 fully saturated rings. The Morgan fingerprint density at radius 2 is 0.683 bits per heavy atom. The number of amides is 1. The number of carbonyl (C=O) groups is 1. The summed E-state index contributed by atoms with van der Waals surface area (Å²) >= 11 is 0. The summed E-state index contributed by atoms with van der Waals surface area (Å²) < 4.78 is 20.2. The number of nitrogens with zero attached hydrogens (tertiary/aromatic N) is 1. The molecule has 0 aliphatic rings. The zero-order chi connectivity index (χ0) is 44.9. The van der Waals surface area contributed by atoms with Crippen LogP contribution < -0.4 is 5.43 Å². The fraction of sp³-hybridized carbons (Fsp3) is 0.981. The number of hydrogen-bond donors (Lipinski definition) is 2. The van der Waals surface area contributed by atoms with E-state index in [9.17, 15) is 9.90 Å². The molecule has 0 aliphatic carbocycles. The van der Waals surface area contributed by atoms with Crippen molar-refractivity contribution in [2.75, 3.05) is 32.9 Å². The topological polar surface area (TPSA) is 80.3 Å². The highest BCUT2D eigenvalue weighted by atomic mass is 16.9. The lowest BCUT2D eigenvalue weighted by atomic mass is 9.89. The molecule has 0 saturated carbocycles. The van der Waals surface area contributed by atoms with E-state index in [1.54, 1.807) is 0 Å². The summed E-state index contributed by atoms with van der Waals surface area (Å²) in [6.07, 6.45) is 39.2. The number of nitrogens with one attached hydrogen (secondary N) is 1. The van der Waals surface area contributed by atoms with E-state index in [0.29, 0.717) is 49.2 Å². The molecule has 7 heteroatoms. The maximum absolute atomic E-state index is 11.5. The third-order valence-corrected chi connectivity index (χ3v) is 11.8. The van der Waals surface area contributed by atoms with Crippen LogP contribution in [0, 0.1) is 16.2 Å². The van der Waals surface area contributed by atoms with Crippen LogP contribution in [0.3, 0.4) is 0 Å². The Labute approximate surface area is 375 Å². The Bertz CT molecular complexity index is 853. The van der Waals surface area contributed by atoms with Gasteiger partial charge in [-0.3, -0.25) is 0 Å². The molecule has 0 saturated heterocycles. The van der Waals surface area contributed by atoms with Crippen LogP contribution >= 0.6 is 0 Å². The standard InChI is InChI=1S/C53H108N2O5/c1-11-44-54-55(49(56)57)45-36-28-20-12-19-27-35-43-53(58-46-37-29-21-13-16-24-32-40-50(2,3)4,59-47-38-30-22-14-17-25-33-41-51(5,6)7)60-48-39-31-23-15-18-26-34-42-52(8,9)10/h54H,11-48H2,1-10H3,(H,56,57). The molecule has 0 radical (unpaired) electrons. The predicted molar refractivity (Wildman–Crippen MR) is 260 cm³/mol. The van der Waals surface area contributed by atoms with Gasteiger partial charge in [0.2, 0.25) is 0 Å². The van der Waals surface area contributed by atoms with Crippen molar-refractivity contribution in [3.8, 4) is 0 Å². The largest absolute Gasteiger partial charge is 0.464 e. The van der Waals surface area contributed by atoms with Crippen molar-refractivity contribution in [1.82, 2.24) is 10.4 Å². The van der Waals surface area contributed by atoms with Gasteiger partial charge in [-0.1, -0.05) is 217 Å². The minimum absolute atomic E-state index is 0.449. The fourth-order valence-electron chi connectivity index (χ4n) is 7.93. The maximum Gasteiger partial charge on any atom is 0.421 e. The summed E-state index contributed by atoms with van der Waals surface area (Å²) in [5.41, 5.74) is 4.36. The Morgan fingerprint density at radius 1 is 0.417 bits per heavy atom. The van der Waals surface area contributed by atoms with E-state index in [4.69, 9.17) is 14.2 Å². The van der Waals surface area contributed by atoms with Crippen molar-refractivity contribution in [1.29, 1.82) is 0 Å². The van der Waals surface area contributed by atoms with Crippen LogP contribution in [0.15, 0.2) is 0 Å². The van der Waals surface area contributed by atoms with Gasteiger partial charge in [0, 0.05) is 19.5 Å². The quantitative estimate of drug-likeness (QED) is 0.0361. The first-order chi connectivity index (χ1) is 28.5. The molecular weight excluding hydrogens is 745 g/mol. The number of carboxylic acid groups (broad SMARTS) is 1. The Morgan fingerprint density at radius 3 is 0.967 bits per heavy atom. The lowest BCUT2D eigenvalue weighted by molar-refractivity contribution is -0.384. The Balaban J connectivity index is 5.14. The van der Waals surface area contributed by atoms with Gasteiger partial charge in [-0.15, -0.1) is 0 Å². The van der Waals surface area contributed by atoms with Crippen molar-refractivity contribution >= 4 is 6.09 Å². The average molecular weight is 853 g/mol. The van der Waals surface area contributed by atoms with Crippen molar-refractivity contribution < 1.29 is 24.1 Å². The van der Waals surface area contributed by atoms with E-state index in [-0.39, 0.29) is 0 Å². The average Bonchev–Trinajstić information content (AvgIpc) is 3.16. The van der Waals surface area contributed by atoms with E-state index in [1.165, 1.54) is 153 Å². The maximum atomic E-state index is 11.5. The molecule has 2 N–H and O–H groups in total. The molecule has 1 amide bonds. The van der Waals surface area contributed by atoms with Gasteiger partial charge in [0.15, 0.2) is 0 Å². The molecule has 0 aliphatic heterocycles. The smallest absolute Gasteiger partial charge is 0.421 e. The van der Waals surface area contributed by atoms with Gasteiger partial charge in [0.25, 0.3) is 5.97 Å². The Kier molecular flexibility index (Phi) is 36.9. The molecule has 0 unspecified atom stereocenters. The normalized spacial score (nSPS) is 12.8. The molecule has 0 spiro atoms. The van der Waals surface area contributed by atoms with Crippen LogP contribution in [0.25, 0.3) is 0 Å². The number of ether oxygens (including phenoxy) is 3. The number of hydrazine groups is 1. The van der Waals surface area contributed by atoms with E-state index in [2.05, 4.69) is 74.7 Å². The van der Waals surface area contributed by atoms with Crippen molar-refractivity contribution in [2.24, 2.45) is 16.2 Å². The van der Waals surface area contributed by atoms with E-state index in [0.717, 1.165) is 64.2 Å². The van der Waals surface area contributed by atoms with Gasteiger partial charge < -0.3 is 19.3 Å². The van der Waals surface area contributed by atoms with Gasteiger partial charge in [0.1, 0.15) is 0 Å². The molecule has 60 heavy (non-hydrogen) atoms.